The van der Waals surface area contributed by atoms with Crippen molar-refractivity contribution < 1.29 is 31.6 Å². The summed E-state index contributed by atoms with van der Waals surface area (Å²) in [4.78, 5) is 25.5. The second-order valence-corrected chi connectivity index (χ2v) is 7.32. The largest absolute Gasteiger partial charge is 0.418 e. The Kier molecular flexibility index (Phi) is 4.95. The summed E-state index contributed by atoms with van der Waals surface area (Å²) in [5.74, 6) is -0.472. The van der Waals surface area contributed by atoms with Gasteiger partial charge in [-0.15, -0.1) is 4.28 Å². The Bertz CT molecular complexity index is 676. The second-order valence-electron chi connectivity index (χ2n) is 6.31. The first-order valence-corrected chi connectivity index (χ1v) is 9.38. The van der Waals surface area contributed by atoms with Gasteiger partial charge in [-0.25, -0.2) is 4.79 Å². The van der Waals surface area contributed by atoms with Crippen molar-refractivity contribution >= 4 is 28.2 Å². The number of urea groups is 1. The Morgan fingerprint density at radius 2 is 2.16 bits per heavy atom. The van der Waals surface area contributed by atoms with E-state index in [9.17, 15) is 18.0 Å². The molecule has 0 aromatic rings. The zero-order valence-electron chi connectivity index (χ0n) is 13.4. The van der Waals surface area contributed by atoms with Gasteiger partial charge in [0.1, 0.15) is 5.84 Å². The van der Waals surface area contributed by atoms with E-state index in [1.54, 1.807) is 0 Å². The van der Waals surface area contributed by atoms with Crippen molar-refractivity contribution in [1.82, 2.24) is 15.3 Å². The summed E-state index contributed by atoms with van der Waals surface area (Å²) >= 11 is 0. The van der Waals surface area contributed by atoms with Crippen LogP contribution in [-0.2, 0) is 24.2 Å². The van der Waals surface area contributed by atoms with Crippen molar-refractivity contribution in [3.8, 4) is 0 Å². The zero-order valence-corrected chi connectivity index (χ0v) is 14.2. The quantitative estimate of drug-likeness (QED) is 0.337. The summed E-state index contributed by atoms with van der Waals surface area (Å²) in [7, 11) is -4.81. The molecular weight excluding hydrogens is 356 g/mol. The molecule has 0 spiro atoms. The third kappa shape index (κ3) is 4.08. The summed E-state index contributed by atoms with van der Waals surface area (Å²) in [6, 6.07) is -1.96. The third-order valence-corrected chi connectivity index (χ3v) is 4.89. The first kappa shape index (κ1) is 18.0. The molecule has 3 aliphatic heterocycles. The summed E-state index contributed by atoms with van der Waals surface area (Å²) in [6.45, 7) is 0.786. The van der Waals surface area contributed by atoms with Crippen molar-refractivity contribution in [3.05, 3.63) is 0 Å². The van der Waals surface area contributed by atoms with E-state index in [-0.39, 0.29) is 30.8 Å². The fourth-order valence-corrected chi connectivity index (χ4v) is 3.82. The summed E-state index contributed by atoms with van der Waals surface area (Å²) in [5.41, 5.74) is 0. The Balaban J connectivity index is 1.59. The van der Waals surface area contributed by atoms with Crippen molar-refractivity contribution in [2.75, 3.05) is 13.2 Å². The van der Waals surface area contributed by atoms with Gasteiger partial charge in [0.15, 0.2) is 0 Å². The molecule has 0 aromatic heterocycles. The molecule has 11 nitrogen and oxygen atoms in total. The van der Waals surface area contributed by atoms with Crippen LogP contribution in [0.5, 0.6) is 0 Å². The number of carbonyl (C=O) groups excluding carboxylic acids is 2. The van der Waals surface area contributed by atoms with E-state index in [0.29, 0.717) is 24.5 Å². The van der Waals surface area contributed by atoms with E-state index >= 15 is 0 Å². The average Bonchev–Trinajstić information content (AvgIpc) is 3.09. The van der Waals surface area contributed by atoms with E-state index in [2.05, 4.69) is 9.60 Å². The van der Waals surface area contributed by atoms with Crippen LogP contribution >= 0.6 is 0 Å². The maximum absolute atomic E-state index is 12.3. The SMILES string of the molecule is N=C(NC(=O)CC1CCCO1)C1CCC2CN1C(=O)N2OS(=O)(=O)O. The number of hydrogen-bond donors (Lipinski definition) is 3. The molecule has 140 valence electrons. The van der Waals surface area contributed by atoms with Gasteiger partial charge < -0.3 is 15.0 Å². The minimum atomic E-state index is -4.81. The van der Waals surface area contributed by atoms with Crippen LogP contribution in [0.15, 0.2) is 0 Å². The average molecular weight is 376 g/mol. The van der Waals surface area contributed by atoms with Crippen LogP contribution in [-0.4, -0.2) is 72.0 Å². The second kappa shape index (κ2) is 6.86. The topological polar surface area (TPSA) is 149 Å². The van der Waals surface area contributed by atoms with Crippen LogP contribution in [0.25, 0.3) is 0 Å². The highest BCUT2D eigenvalue weighted by atomic mass is 32.3. The summed E-state index contributed by atoms with van der Waals surface area (Å²) in [5, 5.41) is 11.2. The van der Waals surface area contributed by atoms with E-state index < -0.39 is 28.5 Å². The molecule has 3 fully saturated rings. The van der Waals surface area contributed by atoms with Crippen molar-refractivity contribution in [3.63, 3.8) is 0 Å². The smallest absolute Gasteiger partial charge is 0.378 e. The third-order valence-electron chi connectivity index (χ3n) is 4.54. The van der Waals surface area contributed by atoms with Gasteiger partial charge in [-0.05, 0) is 25.7 Å². The van der Waals surface area contributed by atoms with Gasteiger partial charge in [0.2, 0.25) is 5.91 Å². The van der Waals surface area contributed by atoms with Crippen molar-refractivity contribution in [2.24, 2.45) is 0 Å². The number of piperidine rings is 1. The molecule has 3 saturated heterocycles. The summed E-state index contributed by atoms with van der Waals surface area (Å²) < 4.78 is 40.2. The van der Waals surface area contributed by atoms with Gasteiger partial charge in [0.25, 0.3) is 0 Å². The molecule has 3 rings (SSSR count). The first-order valence-electron chi connectivity index (χ1n) is 8.01. The lowest BCUT2D eigenvalue weighted by Gasteiger charge is -2.30. The lowest BCUT2D eigenvalue weighted by molar-refractivity contribution is -0.121. The first-order chi connectivity index (χ1) is 11.7. The van der Waals surface area contributed by atoms with Gasteiger partial charge in [-0.3, -0.25) is 14.8 Å². The predicted molar refractivity (Wildman–Crippen MR) is 82.8 cm³/mol. The Morgan fingerprint density at radius 1 is 1.40 bits per heavy atom. The normalized spacial score (nSPS) is 29.2. The van der Waals surface area contributed by atoms with Crippen LogP contribution in [0.1, 0.15) is 32.1 Å². The maximum Gasteiger partial charge on any atom is 0.418 e. The lowest BCUT2D eigenvalue weighted by atomic mass is 10.00. The lowest BCUT2D eigenvalue weighted by Crippen LogP contribution is -2.51. The minimum Gasteiger partial charge on any atom is -0.378 e. The molecule has 3 heterocycles. The van der Waals surface area contributed by atoms with Crippen LogP contribution in [0.3, 0.4) is 0 Å². The molecule has 3 aliphatic rings. The highest BCUT2D eigenvalue weighted by Crippen LogP contribution is 2.30. The molecule has 3 unspecified atom stereocenters. The number of nitrogens with zero attached hydrogens (tertiary/aromatic N) is 2. The molecule has 3 amide bonds. The number of fused-ring (bicyclic) bond motifs is 2. The fourth-order valence-electron chi connectivity index (χ4n) is 3.43. The molecule has 0 saturated carbocycles. The van der Waals surface area contributed by atoms with Crippen molar-refractivity contribution in [1.29, 1.82) is 5.41 Å². The highest BCUT2D eigenvalue weighted by Gasteiger charge is 2.48. The number of carbonyl (C=O) groups is 2. The summed E-state index contributed by atoms with van der Waals surface area (Å²) in [6.07, 6.45) is 2.48. The molecule has 0 radical (unpaired) electrons. The number of nitrogens with one attached hydrogen (secondary N) is 2. The standard InChI is InChI=1S/C13H20N4O7S/c14-12(15-11(18)6-9-2-1-5-23-9)10-4-3-8-7-16(10)13(19)17(8)24-25(20,21)22/h8-10H,1-7H2,(H2,14,15,18)(H,20,21,22). The molecule has 25 heavy (non-hydrogen) atoms. The Labute approximate surface area is 144 Å². The number of rotatable bonds is 5. The van der Waals surface area contributed by atoms with E-state index in [1.807, 2.05) is 0 Å². The number of amides is 3. The maximum atomic E-state index is 12.3. The van der Waals surface area contributed by atoms with Gasteiger partial charge in [0, 0.05) is 13.2 Å². The zero-order chi connectivity index (χ0) is 18.2. The number of hydrogen-bond acceptors (Lipinski definition) is 7. The fraction of sp³-hybridized carbons (Fsp3) is 0.769. The Morgan fingerprint density at radius 3 is 2.80 bits per heavy atom. The number of amidine groups is 1. The van der Waals surface area contributed by atoms with Crippen LogP contribution in [0.4, 0.5) is 4.79 Å². The van der Waals surface area contributed by atoms with Crippen LogP contribution in [0, 0.1) is 5.41 Å². The molecule has 0 aromatic carbocycles. The van der Waals surface area contributed by atoms with E-state index in [4.69, 9.17) is 14.7 Å². The molecule has 3 atom stereocenters. The molecule has 2 bridgehead atoms. The van der Waals surface area contributed by atoms with Gasteiger partial charge >= 0.3 is 16.4 Å². The predicted octanol–water partition coefficient (Wildman–Crippen LogP) is -0.348. The highest BCUT2D eigenvalue weighted by molar-refractivity contribution is 7.80. The Hall–Kier alpha value is -1.76. The van der Waals surface area contributed by atoms with Crippen LogP contribution < -0.4 is 5.32 Å². The van der Waals surface area contributed by atoms with Crippen molar-refractivity contribution in [2.45, 2.75) is 50.3 Å². The number of ether oxygens (including phenoxy) is 1. The minimum absolute atomic E-state index is 0.122. The molecule has 12 heteroatoms. The van der Waals surface area contributed by atoms with E-state index in [1.165, 1.54) is 4.90 Å². The van der Waals surface area contributed by atoms with E-state index in [0.717, 1.165) is 12.8 Å². The van der Waals surface area contributed by atoms with Gasteiger partial charge in [-0.1, -0.05) is 0 Å². The molecule has 0 aliphatic carbocycles. The monoisotopic (exact) mass is 376 g/mol. The molecular formula is C13H20N4O7S. The van der Waals surface area contributed by atoms with Gasteiger partial charge in [-0.2, -0.15) is 13.5 Å². The van der Waals surface area contributed by atoms with Crippen LogP contribution in [0.2, 0.25) is 0 Å². The number of hydroxylamine groups is 2. The molecule has 3 N–H and O–H groups in total. The van der Waals surface area contributed by atoms with Gasteiger partial charge in [0.05, 0.1) is 24.6 Å².